The Hall–Kier alpha value is -3.52. The molecule has 1 aromatic heterocycles. The third kappa shape index (κ3) is 5.99. The summed E-state index contributed by atoms with van der Waals surface area (Å²) in [6.07, 6.45) is -3.57. The number of aromatic nitrogens is 2. The number of hydrogen-bond acceptors (Lipinski definition) is 3. The van der Waals surface area contributed by atoms with E-state index in [1.54, 1.807) is 0 Å². The summed E-state index contributed by atoms with van der Waals surface area (Å²) < 4.78 is 41.1. The fourth-order valence-electron chi connectivity index (χ4n) is 3.91. The molecule has 0 saturated heterocycles. The SMILES string of the molecule is CCCn1c(SCCNC(=O)c2cccc(C(F)(F)F)c2)nc(-c2ccccc2)c1-c1ccccc1. The summed E-state index contributed by atoms with van der Waals surface area (Å²) >= 11 is 1.51. The molecule has 36 heavy (non-hydrogen) atoms. The maximum Gasteiger partial charge on any atom is 0.416 e. The van der Waals surface area contributed by atoms with Gasteiger partial charge in [-0.2, -0.15) is 13.2 Å². The van der Waals surface area contributed by atoms with Crippen LogP contribution >= 0.6 is 11.8 Å². The highest BCUT2D eigenvalue weighted by Crippen LogP contribution is 2.36. The molecule has 1 heterocycles. The van der Waals surface area contributed by atoms with Crippen LogP contribution in [0.15, 0.2) is 90.1 Å². The highest BCUT2D eigenvalue weighted by Gasteiger charge is 2.30. The van der Waals surface area contributed by atoms with Crippen molar-refractivity contribution in [2.75, 3.05) is 12.3 Å². The van der Waals surface area contributed by atoms with Gasteiger partial charge in [0.05, 0.1) is 17.0 Å². The number of carbonyl (C=O) groups excluding carboxylic acids is 1. The Morgan fingerprint density at radius 3 is 2.25 bits per heavy atom. The molecule has 8 heteroatoms. The van der Waals surface area contributed by atoms with E-state index in [4.69, 9.17) is 4.98 Å². The van der Waals surface area contributed by atoms with Crippen molar-refractivity contribution in [1.82, 2.24) is 14.9 Å². The van der Waals surface area contributed by atoms with Gasteiger partial charge in [-0.15, -0.1) is 0 Å². The van der Waals surface area contributed by atoms with Crippen molar-refractivity contribution in [3.63, 3.8) is 0 Å². The Bertz CT molecular complexity index is 1300. The standard InChI is InChI=1S/C28H26F3N3OS/c1-2-17-34-25(21-12-7-4-8-13-21)24(20-10-5-3-6-11-20)33-27(34)36-18-16-32-26(35)22-14-9-15-23(19-22)28(29,30)31/h3-15,19H,2,16-18H2,1H3,(H,32,35). The Morgan fingerprint density at radius 2 is 1.61 bits per heavy atom. The predicted octanol–water partition coefficient (Wildman–Crippen LogP) is 7.17. The smallest absolute Gasteiger partial charge is 0.351 e. The van der Waals surface area contributed by atoms with Crippen LogP contribution in [0.2, 0.25) is 0 Å². The Balaban J connectivity index is 1.52. The second-order valence-electron chi connectivity index (χ2n) is 8.16. The largest absolute Gasteiger partial charge is 0.416 e. The third-order valence-electron chi connectivity index (χ3n) is 5.55. The maximum absolute atomic E-state index is 13.0. The van der Waals surface area contributed by atoms with Crippen molar-refractivity contribution < 1.29 is 18.0 Å². The van der Waals surface area contributed by atoms with E-state index in [-0.39, 0.29) is 5.56 Å². The predicted molar refractivity (Wildman–Crippen MR) is 138 cm³/mol. The summed E-state index contributed by atoms with van der Waals surface area (Å²) in [6.45, 7) is 3.18. The van der Waals surface area contributed by atoms with E-state index >= 15 is 0 Å². The molecule has 4 rings (SSSR count). The Labute approximate surface area is 212 Å². The number of nitrogens with one attached hydrogen (secondary N) is 1. The van der Waals surface area contributed by atoms with E-state index in [1.807, 2.05) is 48.5 Å². The van der Waals surface area contributed by atoms with Gasteiger partial charge in [-0.1, -0.05) is 85.4 Å². The molecular weight excluding hydrogens is 483 g/mol. The normalized spacial score (nSPS) is 11.4. The molecule has 1 N–H and O–H groups in total. The molecule has 0 aliphatic rings. The third-order valence-corrected chi connectivity index (χ3v) is 6.52. The Kier molecular flexibility index (Phi) is 8.15. The first-order valence-corrected chi connectivity index (χ1v) is 12.7. The van der Waals surface area contributed by atoms with Gasteiger partial charge in [0, 0.05) is 35.5 Å². The number of carbonyl (C=O) groups is 1. The van der Waals surface area contributed by atoms with Crippen LogP contribution in [0.3, 0.4) is 0 Å². The molecule has 1 amide bonds. The minimum atomic E-state index is -4.49. The molecule has 4 nitrogen and oxygen atoms in total. The van der Waals surface area contributed by atoms with Gasteiger partial charge in [0.1, 0.15) is 0 Å². The quantitative estimate of drug-likeness (QED) is 0.192. The average molecular weight is 510 g/mol. The summed E-state index contributed by atoms with van der Waals surface area (Å²) in [6, 6.07) is 24.6. The summed E-state index contributed by atoms with van der Waals surface area (Å²) in [4.78, 5) is 17.4. The maximum atomic E-state index is 13.0. The summed E-state index contributed by atoms with van der Waals surface area (Å²) in [5.74, 6) is -0.0120. The van der Waals surface area contributed by atoms with Crippen molar-refractivity contribution in [1.29, 1.82) is 0 Å². The molecule has 4 aromatic rings. The summed E-state index contributed by atoms with van der Waals surface area (Å²) in [5, 5.41) is 3.56. The van der Waals surface area contributed by atoms with Gasteiger partial charge in [0.15, 0.2) is 5.16 Å². The van der Waals surface area contributed by atoms with Gasteiger partial charge in [0.2, 0.25) is 0 Å². The first-order valence-electron chi connectivity index (χ1n) is 11.7. The van der Waals surface area contributed by atoms with Crippen molar-refractivity contribution >= 4 is 17.7 Å². The lowest BCUT2D eigenvalue weighted by Crippen LogP contribution is -2.26. The van der Waals surface area contributed by atoms with E-state index in [9.17, 15) is 18.0 Å². The number of thioether (sulfide) groups is 1. The molecule has 0 fully saturated rings. The number of benzene rings is 3. The minimum absolute atomic E-state index is 0.0139. The van der Waals surface area contributed by atoms with Crippen molar-refractivity contribution in [3.05, 3.63) is 96.1 Å². The van der Waals surface area contributed by atoms with Crippen LogP contribution in [0.4, 0.5) is 13.2 Å². The average Bonchev–Trinajstić information content (AvgIpc) is 3.25. The molecule has 0 saturated carbocycles. The molecule has 0 aliphatic heterocycles. The van der Waals surface area contributed by atoms with Gasteiger partial charge in [-0.3, -0.25) is 4.79 Å². The summed E-state index contributed by atoms with van der Waals surface area (Å²) in [7, 11) is 0. The van der Waals surface area contributed by atoms with Crippen molar-refractivity contribution in [3.8, 4) is 22.5 Å². The number of hydrogen-bond donors (Lipinski definition) is 1. The zero-order valence-corrected chi connectivity index (χ0v) is 20.6. The number of amides is 1. The molecule has 3 aromatic carbocycles. The lowest BCUT2D eigenvalue weighted by atomic mass is 10.0. The first kappa shape index (κ1) is 25.6. The van der Waals surface area contributed by atoms with Gasteiger partial charge in [0.25, 0.3) is 5.91 Å². The Morgan fingerprint density at radius 1 is 0.944 bits per heavy atom. The van der Waals surface area contributed by atoms with Crippen LogP contribution in [0, 0.1) is 0 Å². The second kappa shape index (κ2) is 11.5. The zero-order valence-electron chi connectivity index (χ0n) is 19.8. The molecular formula is C28H26F3N3OS. The van der Waals surface area contributed by atoms with Crippen LogP contribution < -0.4 is 5.32 Å². The van der Waals surface area contributed by atoms with E-state index in [2.05, 4.69) is 28.9 Å². The fourth-order valence-corrected chi connectivity index (χ4v) is 4.79. The van der Waals surface area contributed by atoms with Crippen molar-refractivity contribution in [2.24, 2.45) is 0 Å². The molecule has 186 valence electrons. The highest BCUT2D eigenvalue weighted by atomic mass is 32.2. The second-order valence-corrected chi connectivity index (χ2v) is 9.22. The number of rotatable bonds is 9. The minimum Gasteiger partial charge on any atom is -0.351 e. The fraction of sp³-hybridized carbons (Fsp3) is 0.214. The number of nitrogens with zero attached hydrogens (tertiary/aromatic N) is 2. The van der Waals surface area contributed by atoms with Gasteiger partial charge in [-0.05, 0) is 24.6 Å². The lowest BCUT2D eigenvalue weighted by molar-refractivity contribution is -0.137. The molecule has 0 aliphatic carbocycles. The zero-order chi connectivity index (χ0) is 25.5. The van der Waals surface area contributed by atoms with Crippen molar-refractivity contribution in [2.45, 2.75) is 31.2 Å². The number of halogens is 3. The molecule has 0 spiro atoms. The molecule has 0 atom stereocenters. The topological polar surface area (TPSA) is 46.9 Å². The molecule has 0 bridgehead atoms. The van der Waals surface area contributed by atoms with E-state index in [0.717, 1.165) is 52.8 Å². The molecule has 0 radical (unpaired) electrons. The number of imidazole rings is 1. The van der Waals surface area contributed by atoms with Crippen LogP contribution in [0.1, 0.15) is 29.3 Å². The van der Waals surface area contributed by atoms with E-state index in [1.165, 1.54) is 23.9 Å². The first-order chi connectivity index (χ1) is 17.4. The monoisotopic (exact) mass is 509 g/mol. The van der Waals surface area contributed by atoms with Crippen LogP contribution in [0.5, 0.6) is 0 Å². The van der Waals surface area contributed by atoms with Crippen LogP contribution in [0.25, 0.3) is 22.5 Å². The van der Waals surface area contributed by atoms with Crippen LogP contribution in [-0.4, -0.2) is 27.8 Å². The van der Waals surface area contributed by atoms with E-state index in [0.29, 0.717) is 12.3 Å². The number of alkyl halides is 3. The van der Waals surface area contributed by atoms with Gasteiger partial charge in [-0.25, -0.2) is 4.98 Å². The summed E-state index contributed by atoms with van der Waals surface area (Å²) in [5.41, 5.74) is 3.17. The van der Waals surface area contributed by atoms with Crippen LogP contribution in [-0.2, 0) is 12.7 Å². The lowest BCUT2D eigenvalue weighted by Gasteiger charge is -2.12. The highest BCUT2D eigenvalue weighted by molar-refractivity contribution is 7.99. The molecule has 0 unspecified atom stereocenters. The van der Waals surface area contributed by atoms with E-state index < -0.39 is 17.6 Å². The van der Waals surface area contributed by atoms with Gasteiger partial charge >= 0.3 is 6.18 Å². The van der Waals surface area contributed by atoms with Gasteiger partial charge < -0.3 is 9.88 Å².